The zero-order valence-electron chi connectivity index (χ0n) is 16.5. The number of carbonyl (C=O) groups excluding carboxylic acids is 1. The molecule has 1 N–H and O–H groups in total. The Hall–Kier alpha value is -3.71. The number of imidazole rings is 1. The summed E-state index contributed by atoms with van der Waals surface area (Å²) in [5, 5.41) is 22.2. The van der Waals surface area contributed by atoms with Crippen LogP contribution >= 0.6 is 0 Å². The van der Waals surface area contributed by atoms with Gasteiger partial charge in [0, 0.05) is 42.7 Å². The standard InChI is InChI=1S/C22H22N6O/c1-15-19(12-23)21(20(13-24)16(2)27-15)17-5-3-6-18(11-17)22(29)26-7-4-9-28-10-8-25-14-28/h3,5-6,8,10-11,14,19,21H,4,7,9H2,1-2H3,(H,26,29). The molecular weight excluding hydrogens is 364 g/mol. The van der Waals surface area contributed by atoms with Crippen LogP contribution in [-0.2, 0) is 6.54 Å². The number of aliphatic imine (C=N–C) groups is 1. The molecule has 1 aromatic heterocycles. The fourth-order valence-electron chi connectivity index (χ4n) is 3.56. The molecule has 1 aliphatic rings. The first-order valence-corrected chi connectivity index (χ1v) is 9.44. The molecule has 0 saturated carbocycles. The Morgan fingerprint density at radius 3 is 2.83 bits per heavy atom. The average molecular weight is 386 g/mol. The summed E-state index contributed by atoms with van der Waals surface area (Å²) in [5.41, 5.74) is 3.06. The van der Waals surface area contributed by atoms with Gasteiger partial charge in [0.2, 0.25) is 0 Å². The van der Waals surface area contributed by atoms with Gasteiger partial charge in [-0.15, -0.1) is 0 Å². The van der Waals surface area contributed by atoms with E-state index in [0.717, 1.165) is 18.5 Å². The van der Waals surface area contributed by atoms with Gasteiger partial charge in [-0.05, 0) is 38.0 Å². The molecule has 29 heavy (non-hydrogen) atoms. The third-order valence-corrected chi connectivity index (χ3v) is 5.03. The van der Waals surface area contributed by atoms with Gasteiger partial charge >= 0.3 is 0 Å². The number of amides is 1. The minimum atomic E-state index is -0.526. The third-order valence-electron chi connectivity index (χ3n) is 5.03. The Kier molecular flexibility index (Phi) is 6.21. The molecular formula is C22H22N6O. The largest absolute Gasteiger partial charge is 0.352 e. The van der Waals surface area contributed by atoms with Gasteiger partial charge in [0.15, 0.2) is 0 Å². The number of nitriles is 2. The zero-order chi connectivity index (χ0) is 20.8. The van der Waals surface area contributed by atoms with E-state index in [1.54, 1.807) is 44.6 Å². The number of aromatic nitrogens is 2. The summed E-state index contributed by atoms with van der Waals surface area (Å²) < 4.78 is 1.96. The third kappa shape index (κ3) is 4.41. The summed E-state index contributed by atoms with van der Waals surface area (Å²) in [4.78, 5) is 20.9. The molecule has 146 valence electrons. The van der Waals surface area contributed by atoms with Crippen LogP contribution in [0, 0.1) is 28.6 Å². The van der Waals surface area contributed by atoms with Crippen LogP contribution in [-0.4, -0.2) is 27.7 Å². The molecule has 7 heteroatoms. The van der Waals surface area contributed by atoms with Crippen LogP contribution in [0.5, 0.6) is 0 Å². The van der Waals surface area contributed by atoms with Crippen LogP contribution in [0.25, 0.3) is 0 Å². The van der Waals surface area contributed by atoms with E-state index in [4.69, 9.17) is 0 Å². The molecule has 1 aromatic carbocycles. The number of nitrogens with one attached hydrogen (secondary N) is 1. The van der Waals surface area contributed by atoms with Crippen LogP contribution in [0.15, 0.2) is 59.2 Å². The predicted molar refractivity (Wildman–Crippen MR) is 109 cm³/mol. The van der Waals surface area contributed by atoms with Gasteiger partial charge in [0.05, 0.1) is 35.7 Å². The lowest BCUT2D eigenvalue weighted by Gasteiger charge is -2.27. The summed E-state index contributed by atoms with van der Waals surface area (Å²) in [6, 6.07) is 11.6. The Labute approximate surface area is 170 Å². The van der Waals surface area contributed by atoms with Crippen molar-refractivity contribution >= 4 is 11.6 Å². The lowest BCUT2D eigenvalue weighted by molar-refractivity contribution is 0.0952. The van der Waals surface area contributed by atoms with Crippen LogP contribution in [0.3, 0.4) is 0 Å². The second kappa shape index (κ2) is 8.99. The topological polar surface area (TPSA) is 107 Å². The maximum Gasteiger partial charge on any atom is 0.251 e. The Morgan fingerprint density at radius 1 is 1.31 bits per heavy atom. The molecule has 0 aliphatic carbocycles. The number of nitrogens with zero attached hydrogens (tertiary/aromatic N) is 5. The maximum atomic E-state index is 12.6. The highest BCUT2D eigenvalue weighted by molar-refractivity contribution is 5.95. The van der Waals surface area contributed by atoms with Crippen LogP contribution in [0.1, 0.15) is 42.1 Å². The quantitative estimate of drug-likeness (QED) is 0.769. The Bertz CT molecular complexity index is 1040. The molecule has 7 nitrogen and oxygen atoms in total. The van der Waals surface area contributed by atoms with Crippen molar-refractivity contribution in [2.75, 3.05) is 6.54 Å². The van der Waals surface area contributed by atoms with Crippen molar-refractivity contribution in [1.29, 1.82) is 10.5 Å². The molecule has 3 rings (SSSR count). The van der Waals surface area contributed by atoms with Crippen LogP contribution in [0.2, 0.25) is 0 Å². The van der Waals surface area contributed by atoms with Crippen molar-refractivity contribution in [2.24, 2.45) is 10.9 Å². The normalized spacial score (nSPS) is 18.6. The summed E-state index contributed by atoms with van der Waals surface area (Å²) >= 11 is 0. The van der Waals surface area contributed by atoms with E-state index in [1.165, 1.54) is 0 Å². The highest BCUT2D eigenvalue weighted by Crippen LogP contribution is 2.38. The highest BCUT2D eigenvalue weighted by Gasteiger charge is 2.34. The van der Waals surface area contributed by atoms with Crippen molar-refractivity contribution in [3.05, 3.63) is 65.4 Å². The van der Waals surface area contributed by atoms with Gasteiger partial charge in [-0.2, -0.15) is 10.5 Å². The fraction of sp³-hybridized carbons (Fsp3) is 0.318. The van der Waals surface area contributed by atoms with E-state index >= 15 is 0 Å². The zero-order valence-corrected chi connectivity index (χ0v) is 16.5. The number of benzene rings is 1. The van der Waals surface area contributed by atoms with Gasteiger partial charge in [-0.1, -0.05) is 12.1 Å². The number of allylic oxidation sites excluding steroid dienone is 2. The smallest absolute Gasteiger partial charge is 0.251 e. The number of hydrogen-bond donors (Lipinski definition) is 1. The molecule has 0 fully saturated rings. The maximum absolute atomic E-state index is 12.6. The van der Waals surface area contributed by atoms with Crippen molar-refractivity contribution in [3.63, 3.8) is 0 Å². The second-order valence-corrected chi connectivity index (χ2v) is 6.98. The lowest BCUT2D eigenvalue weighted by atomic mass is 9.76. The van der Waals surface area contributed by atoms with Gasteiger partial charge in [-0.25, -0.2) is 4.98 Å². The summed E-state index contributed by atoms with van der Waals surface area (Å²) in [7, 11) is 0. The monoisotopic (exact) mass is 386 g/mol. The molecule has 0 bridgehead atoms. The molecule has 1 aliphatic heterocycles. The molecule has 0 radical (unpaired) electrons. The molecule has 2 unspecified atom stereocenters. The van der Waals surface area contributed by atoms with Gasteiger partial charge in [0.25, 0.3) is 5.91 Å². The minimum absolute atomic E-state index is 0.175. The van der Waals surface area contributed by atoms with Gasteiger partial charge < -0.3 is 9.88 Å². The highest BCUT2D eigenvalue weighted by atomic mass is 16.1. The number of rotatable bonds is 6. The van der Waals surface area contributed by atoms with E-state index in [9.17, 15) is 15.3 Å². The molecule has 1 amide bonds. The van der Waals surface area contributed by atoms with Crippen molar-refractivity contribution < 1.29 is 4.79 Å². The molecule has 2 aromatic rings. The number of aryl methyl sites for hydroxylation is 1. The van der Waals surface area contributed by atoms with Crippen molar-refractivity contribution in [2.45, 2.75) is 32.7 Å². The van der Waals surface area contributed by atoms with E-state index in [1.807, 2.05) is 16.8 Å². The summed E-state index contributed by atoms with van der Waals surface area (Å²) in [5.74, 6) is -1.12. The fourth-order valence-corrected chi connectivity index (χ4v) is 3.56. The molecule has 2 atom stereocenters. The number of carbonyl (C=O) groups is 1. The van der Waals surface area contributed by atoms with Crippen molar-refractivity contribution in [1.82, 2.24) is 14.9 Å². The van der Waals surface area contributed by atoms with Crippen LogP contribution in [0.4, 0.5) is 0 Å². The Balaban J connectivity index is 1.74. The Morgan fingerprint density at radius 2 is 2.14 bits per heavy atom. The van der Waals surface area contributed by atoms with E-state index < -0.39 is 11.8 Å². The first kappa shape index (κ1) is 20.0. The molecule has 0 spiro atoms. The first-order chi connectivity index (χ1) is 14.0. The van der Waals surface area contributed by atoms with E-state index in [2.05, 4.69) is 27.4 Å². The first-order valence-electron chi connectivity index (χ1n) is 9.44. The van der Waals surface area contributed by atoms with Gasteiger partial charge in [-0.3, -0.25) is 9.79 Å². The molecule has 0 saturated heterocycles. The lowest BCUT2D eigenvalue weighted by Crippen LogP contribution is -2.27. The number of hydrogen-bond acceptors (Lipinski definition) is 5. The van der Waals surface area contributed by atoms with E-state index in [0.29, 0.717) is 29.1 Å². The second-order valence-electron chi connectivity index (χ2n) is 6.98. The van der Waals surface area contributed by atoms with Gasteiger partial charge in [0.1, 0.15) is 0 Å². The van der Waals surface area contributed by atoms with E-state index in [-0.39, 0.29) is 5.91 Å². The molecule has 2 heterocycles. The predicted octanol–water partition coefficient (Wildman–Crippen LogP) is 3.20. The average Bonchev–Trinajstić information content (AvgIpc) is 3.24. The minimum Gasteiger partial charge on any atom is -0.352 e. The SMILES string of the molecule is CC1=NC(C)=C(C#N)C(c2cccc(C(=O)NCCCn3ccnc3)c2)C1C#N. The summed E-state index contributed by atoms with van der Waals surface area (Å²) in [6.45, 7) is 4.90. The van der Waals surface area contributed by atoms with Crippen LogP contribution < -0.4 is 5.32 Å². The summed E-state index contributed by atoms with van der Waals surface area (Å²) in [6.07, 6.45) is 6.14. The van der Waals surface area contributed by atoms with Crippen molar-refractivity contribution in [3.8, 4) is 12.1 Å².